The Hall–Kier alpha value is -2.86. The van der Waals surface area contributed by atoms with Crippen LogP contribution in [0.2, 0.25) is 0 Å². The number of aromatic nitrogens is 3. The van der Waals surface area contributed by atoms with Crippen molar-refractivity contribution in [2.45, 2.75) is 62.8 Å². The van der Waals surface area contributed by atoms with Gasteiger partial charge in [0.05, 0.1) is 35.7 Å². The van der Waals surface area contributed by atoms with E-state index in [1.807, 2.05) is 6.92 Å². The Balaban J connectivity index is 1.10. The van der Waals surface area contributed by atoms with Crippen LogP contribution in [0.15, 0.2) is 18.3 Å². The number of methoxy groups -OCH3 is 1. The maximum absolute atomic E-state index is 13.0. The number of nitrogens with zero attached hydrogens (tertiary/aromatic N) is 4. The summed E-state index contributed by atoms with van der Waals surface area (Å²) in [7, 11) is 1.71. The molecule has 0 spiro atoms. The van der Waals surface area contributed by atoms with E-state index in [4.69, 9.17) is 25.9 Å². The van der Waals surface area contributed by atoms with E-state index >= 15 is 0 Å². The van der Waals surface area contributed by atoms with Crippen LogP contribution in [0.25, 0.3) is 10.3 Å². The van der Waals surface area contributed by atoms with Gasteiger partial charge in [-0.15, -0.1) is 11.3 Å². The first-order valence-corrected chi connectivity index (χ1v) is 13.6. The van der Waals surface area contributed by atoms with E-state index in [2.05, 4.69) is 32.3 Å². The molecule has 6 rings (SSSR count). The number of hydrogen-bond donors (Lipinski definition) is 3. The molecule has 1 saturated heterocycles. The molecule has 3 aromatic heterocycles. The molecule has 3 unspecified atom stereocenters. The number of nitrogens with two attached hydrogens (primary N) is 2. The summed E-state index contributed by atoms with van der Waals surface area (Å²) in [6, 6.07) is 4.16. The minimum absolute atomic E-state index is 0.0217. The summed E-state index contributed by atoms with van der Waals surface area (Å²) in [6.07, 6.45) is 6.06. The molecule has 37 heavy (non-hydrogen) atoms. The lowest BCUT2D eigenvalue weighted by Crippen LogP contribution is -2.39. The summed E-state index contributed by atoms with van der Waals surface area (Å²) in [5, 5.41) is 3.17. The molecular weight excluding hydrogens is 490 g/mol. The molecule has 1 aliphatic heterocycles. The van der Waals surface area contributed by atoms with Gasteiger partial charge in [0, 0.05) is 38.1 Å². The van der Waals surface area contributed by atoms with Gasteiger partial charge in [-0.1, -0.05) is 6.07 Å². The van der Waals surface area contributed by atoms with Crippen molar-refractivity contribution in [3.8, 4) is 0 Å². The van der Waals surface area contributed by atoms with Gasteiger partial charge in [0.25, 0.3) is 5.91 Å². The average Bonchev–Trinajstić information content (AvgIpc) is 3.42. The molecule has 2 aliphatic carbocycles. The van der Waals surface area contributed by atoms with Crippen LogP contribution in [0.4, 0.5) is 11.5 Å². The second-order valence-electron chi connectivity index (χ2n) is 10.5. The van der Waals surface area contributed by atoms with Crippen molar-refractivity contribution in [3.05, 3.63) is 40.2 Å². The molecular formula is C26H33N7O3S. The number of nitrogens with one attached hydrogen (secondary N) is 1. The van der Waals surface area contributed by atoms with Crippen LogP contribution in [0.3, 0.4) is 0 Å². The lowest BCUT2D eigenvalue weighted by Gasteiger charge is -2.27. The molecule has 0 aromatic carbocycles. The van der Waals surface area contributed by atoms with Gasteiger partial charge in [0.2, 0.25) is 0 Å². The van der Waals surface area contributed by atoms with Gasteiger partial charge in [0.15, 0.2) is 0 Å². The Bertz CT molecular complexity index is 1340. The first kappa shape index (κ1) is 24.5. The molecule has 5 N–H and O–H groups in total. The maximum atomic E-state index is 13.0. The number of fused-ring (bicyclic) bond motifs is 2. The Kier molecular flexibility index (Phi) is 6.26. The fourth-order valence-corrected chi connectivity index (χ4v) is 6.42. The molecule has 3 atom stereocenters. The molecule has 3 aliphatic rings. The zero-order valence-electron chi connectivity index (χ0n) is 21.2. The number of ether oxygens (including phenoxy) is 2. The van der Waals surface area contributed by atoms with E-state index in [0.717, 1.165) is 68.0 Å². The van der Waals surface area contributed by atoms with Crippen LogP contribution >= 0.6 is 11.3 Å². The number of anilines is 2. The minimum Gasteiger partial charge on any atom is -0.396 e. The Morgan fingerprint density at radius 1 is 1.30 bits per heavy atom. The molecule has 3 aromatic rings. The Morgan fingerprint density at radius 3 is 2.92 bits per heavy atom. The number of rotatable bonds is 7. The van der Waals surface area contributed by atoms with Gasteiger partial charge >= 0.3 is 0 Å². The SMILES string of the molecule is COCC1(OC2CN(c3ccc4c(n3)CCC(NC(=O)c3sc5nc(C)cnc5c3N)C4)CC2N)CC1. The first-order chi connectivity index (χ1) is 17.8. The van der Waals surface area contributed by atoms with Crippen LogP contribution in [-0.2, 0) is 22.3 Å². The van der Waals surface area contributed by atoms with E-state index in [-0.39, 0.29) is 29.7 Å². The maximum Gasteiger partial charge on any atom is 0.263 e. The predicted octanol–water partition coefficient (Wildman–Crippen LogP) is 1.98. The molecule has 1 amide bonds. The quantitative estimate of drug-likeness (QED) is 0.424. The average molecular weight is 524 g/mol. The highest BCUT2D eigenvalue weighted by atomic mass is 32.1. The highest BCUT2D eigenvalue weighted by Gasteiger charge is 2.48. The second-order valence-corrected chi connectivity index (χ2v) is 11.5. The molecule has 2 fully saturated rings. The molecule has 0 bridgehead atoms. The van der Waals surface area contributed by atoms with Crippen LogP contribution in [0.1, 0.15) is 45.9 Å². The first-order valence-electron chi connectivity index (χ1n) is 12.8. The summed E-state index contributed by atoms with van der Waals surface area (Å²) < 4.78 is 11.7. The number of thiophene rings is 1. The number of nitrogen functional groups attached to an aromatic ring is 1. The summed E-state index contributed by atoms with van der Waals surface area (Å²) in [5.41, 5.74) is 16.6. The van der Waals surface area contributed by atoms with Gasteiger partial charge in [-0.2, -0.15) is 0 Å². The van der Waals surface area contributed by atoms with Crippen molar-refractivity contribution < 1.29 is 14.3 Å². The molecule has 11 heteroatoms. The third-order valence-corrected chi connectivity index (χ3v) is 8.69. The standard InChI is InChI=1S/C26H33N7O3S/c1-14-10-29-22-21(28)23(37-25(22)30-14)24(34)31-16-4-5-18-15(9-16)3-6-20(32-18)33-11-17(27)19(12-33)36-26(7-8-26)13-35-2/h3,6,10,16-17,19H,4-5,7-9,11-13,27-28H2,1-2H3,(H,31,34). The molecule has 196 valence electrons. The van der Waals surface area contributed by atoms with E-state index in [9.17, 15) is 4.79 Å². The van der Waals surface area contributed by atoms with Crippen molar-refractivity contribution in [1.82, 2.24) is 20.3 Å². The largest absolute Gasteiger partial charge is 0.396 e. The smallest absolute Gasteiger partial charge is 0.263 e. The predicted molar refractivity (Wildman–Crippen MR) is 143 cm³/mol. The van der Waals surface area contributed by atoms with Crippen molar-refractivity contribution in [3.63, 3.8) is 0 Å². The van der Waals surface area contributed by atoms with Gasteiger partial charge in [-0.05, 0) is 50.7 Å². The zero-order chi connectivity index (χ0) is 25.7. The van der Waals surface area contributed by atoms with Crippen LogP contribution in [0, 0.1) is 6.92 Å². The lowest BCUT2D eigenvalue weighted by atomic mass is 9.91. The number of amides is 1. The number of pyridine rings is 1. The zero-order valence-corrected chi connectivity index (χ0v) is 22.0. The molecule has 10 nitrogen and oxygen atoms in total. The number of hydrogen-bond acceptors (Lipinski definition) is 10. The number of aryl methyl sites for hydroxylation is 2. The third kappa shape index (κ3) is 4.76. The fraction of sp³-hybridized carbons (Fsp3) is 0.538. The number of carbonyl (C=O) groups is 1. The topological polar surface area (TPSA) is 142 Å². The highest BCUT2D eigenvalue weighted by Crippen LogP contribution is 2.42. The molecule has 0 radical (unpaired) electrons. The highest BCUT2D eigenvalue weighted by molar-refractivity contribution is 7.21. The van der Waals surface area contributed by atoms with Crippen molar-refractivity contribution in [1.29, 1.82) is 0 Å². The van der Waals surface area contributed by atoms with Crippen molar-refractivity contribution in [2.24, 2.45) is 5.73 Å². The summed E-state index contributed by atoms with van der Waals surface area (Å²) in [6.45, 7) is 3.94. The summed E-state index contributed by atoms with van der Waals surface area (Å²) in [5.74, 6) is 0.768. The van der Waals surface area contributed by atoms with E-state index in [0.29, 0.717) is 27.5 Å². The third-order valence-electron chi connectivity index (χ3n) is 7.60. The summed E-state index contributed by atoms with van der Waals surface area (Å²) >= 11 is 1.29. The van der Waals surface area contributed by atoms with E-state index < -0.39 is 0 Å². The van der Waals surface area contributed by atoms with Crippen LogP contribution < -0.4 is 21.7 Å². The lowest BCUT2D eigenvalue weighted by molar-refractivity contribution is -0.0623. The fourth-order valence-electron chi connectivity index (χ4n) is 5.42. The molecule has 4 heterocycles. The minimum atomic E-state index is -0.169. The van der Waals surface area contributed by atoms with Crippen molar-refractivity contribution >= 4 is 39.1 Å². The van der Waals surface area contributed by atoms with Gasteiger partial charge in [-0.3, -0.25) is 4.79 Å². The van der Waals surface area contributed by atoms with Gasteiger partial charge in [0.1, 0.15) is 21.0 Å². The summed E-state index contributed by atoms with van der Waals surface area (Å²) in [4.78, 5) is 30.2. The monoisotopic (exact) mass is 523 g/mol. The van der Waals surface area contributed by atoms with E-state index in [1.54, 1.807) is 13.3 Å². The van der Waals surface area contributed by atoms with E-state index in [1.165, 1.54) is 11.3 Å². The Labute approximate surface area is 219 Å². The number of carbonyl (C=O) groups excluding carboxylic acids is 1. The van der Waals surface area contributed by atoms with Gasteiger partial charge in [-0.25, -0.2) is 15.0 Å². The van der Waals surface area contributed by atoms with Gasteiger partial charge < -0.3 is 31.2 Å². The van der Waals surface area contributed by atoms with Crippen LogP contribution in [-0.4, -0.2) is 71.5 Å². The van der Waals surface area contributed by atoms with Crippen LogP contribution in [0.5, 0.6) is 0 Å². The second kappa shape index (κ2) is 9.46. The normalized spacial score (nSPS) is 24.3. The Morgan fingerprint density at radius 2 is 2.14 bits per heavy atom. The molecule has 1 saturated carbocycles. The van der Waals surface area contributed by atoms with Crippen molar-refractivity contribution in [2.75, 3.05) is 37.4 Å².